The van der Waals surface area contributed by atoms with E-state index >= 15 is 0 Å². The molecule has 0 aliphatic rings. The van der Waals surface area contributed by atoms with E-state index in [1.807, 2.05) is 36.9 Å². The Labute approximate surface area is 125 Å². The van der Waals surface area contributed by atoms with Crippen LogP contribution in [0.4, 0.5) is 10.2 Å². The van der Waals surface area contributed by atoms with E-state index in [-0.39, 0.29) is 5.82 Å². The van der Waals surface area contributed by atoms with Gasteiger partial charge in [-0.1, -0.05) is 6.07 Å². The predicted octanol–water partition coefficient (Wildman–Crippen LogP) is 2.67. The minimum absolute atomic E-state index is 0.263. The fraction of sp³-hybridized carbons (Fsp3) is 0.375. The van der Waals surface area contributed by atoms with Gasteiger partial charge in [0.25, 0.3) is 0 Å². The van der Waals surface area contributed by atoms with Gasteiger partial charge in [0, 0.05) is 30.5 Å². The van der Waals surface area contributed by atoms with E-state index in [9.17, 15) is 4.39 Å². The van der Waals surface area contributed by atoms with Crippen molar-refractivity contribution in [2.24, 2.45) is 0 Å². The monoisotopic (exact) mass is 288 g/mol. The van der Waals surface area contributed by atoms with Crippen LogP contribution in [0, 0.1) is 12.7 Å². The Kier molecular flexibility index (Phi) is 5.22. The molecule has 1 N–H and O–H groups in total. The topological polar surface area (TPSA) is 41.1 Å². The second kappa shape index (κ2) is 7.13. The third kappa shape index (κ3) is 3.76. The van der Waals surface area contributed by atoms with Gasteiger partial charge in [-0.2, -0.15) is 0 Å². The summed E-state index contributed by atoms with van der Waals surface area (Å²) in [6, 6.07) is 7.57. The fourth-order valence-corrected chi connectivity index (χ4v) is 2.24. The summed E-state index contributed by atoms with van der Waals surface area (Å²) in [4.78, 5) is 10.6. The molecule has 2 rings (SSSR count). The molecule has 4 nitrogen and oxygen atoms in total. The third-order valence-electron chi connectivity index (χ3n) is 3.30. The minimum atomic E-state index is -0.263. The molecule has 0 unspecified atom stereocenters. The first-order valence-electron chi connectivity index (χ1n) is 7.11. The number of halogens is 1. The van der Waals surface area contributed by atoms with Crippen molar-refractivity contribution in [2.75, 3.05) is 18.5 Å². The average molecular weight is 288 g/mol. The van der Waals surface area contributed by atoms with Crippen molar-refractivity contribution in [3.8, 4) is 0 Å². The molecule has 21 heavy (non-hydrogen) atoms. The molecule has 0 saturated heterocycles. The minimum Gasteiger partial charge on any atom is -0.349 e. The van der Waals surface area contributed by atoms with Crippen LogP contribution in [-0.2, 0) is 13.1 Å². The van der Waals surface area contributed by atoms with Crippen molar-refractivity contribution in [3.05, 3.63) is 53.2 Å². The van der Waals surface area contributed by atoms with Gasteiger partial charge >= 0.3 is 0 Å². The maximum atomic E-state index is 14.5. The third-order valence-corrected chi connectivity index (χ3v) is 3.30. The number of pyridine rings is 2. The van der Waals surface area contributed by atoms with Crippen LogP contribution in [0.3, 0.4) is 0 Å². The lowest BCUT2D eigenvalue weighted by Gasteiger charge is -2.23. The van der Waals surface area contributed by atoms with Crippen LogP contribution < -0.4 is 10.2 Å². The van der Waals surface area contributed by atoms with Crippen LogP contribution >= 0.6 is 0 Å². The smallest absolute Gasteiger partial charge is 0.170 e. The number of rotatable bonds is 6. The van der Waals surface area contributed by atoms with Gasteiger partial charge in [-0.25, -0.2) is 9.37 Å². The second-order valence-corrected chi connectivity index (χ2v) is 4.92. The maximum Gasteiger partial charge on any atom is 0.170 e. The number of hydrogen-bond donors (Lipinski definition) is 1. The van der Waals surface area contributed by atoms with Gasteiger partial charge < -0.3 is 10.2 Å². The van der Waals surface area contributed by atoms with Crippen LogP contribution in [0.5, 0.6) is 0 Å². The summed E-state index contributed by atoms with van der Waals surface area (Å²) in [6.45, 7) is 5.64. The van der Waals surface area contributed by atoms with E-state index in [0.29, 0.717) is 31.0 Å². The SMILES string of the molecule is CCN(Cc1cccc(C)n1)c1nccc(CNC)c1F. The van der Waals surface area contributed by atoms with Crippen molar-refractivity contribution in [1.82, 2.24) is 15.3 Å². The highest BCUT2D eigenvalue weighted by Gasteiger charge is 2.15. The number of hydrogen-bond acceptors (Lipinski definition) is 4. The first-order chi connectivity index (χ1) is 10.2. The van der Waals surface area contributed by atoms with Crippen molar-refractivity contribution < 1.29 is 4.39 Å². The van der Waals surface area contributed by atoms with Gasteiger partial charge in [0.05, 0.1) is 12.2 Å². The Morgan fingerprint density at radius 2 is 2.10 bits per heavy atom. The molecule has 5 heteroatoms. The number of aryl methyl sites for hydroxylation is 1. The van der Waals surface area contributed by atoms with Gasteiger partial charge in [0.1, 0.15) is 0 Å². The van der Waals surface area contributed by atoms with Crippen LogP contribution in [0.15, 0.2) is 30.5 Å². The van der Waals surface area contributed by atoms with Crippen molar-refractivity contribution in [1.29, 1.82) is 0 Å². The maximum absolute atomic E-state index is 14.5. The highest BCUT2D eigenvalue weighted by Crippen LogP contribution is 2.21. The van der Waals surface area contributed by atoms with E-state index in [1.165, 1.54) is 0 Å². The zero-order valence-electron chi connectivity index (χ0n) is 12.7. The van der Waals surface area contributed by atoms with E-state index in [1.54, 1.807) is 19.3 Å². The predicted molar refractivity (Wildman–Crippen MR) is 82.7 cm³/mol. The van der Waals surface area contributed by atoms with E-state index in [2.05, 4.69) is 15.3 Å². The first-order valence-corrected chi connectivity index (χ1v) is 7.11. The van der Waals surface area contributed by atoms with Crippen LogP contribution in [0.1, 0.15) is 23.9 Å². The lowest BCUT2D eigenvalue weighted by atomic mass is 10.2. The van der Waals surface area contributed by atoms with E-state index in [0.717, 1.165) is 11.4 Å². The summed E-state index contributed by atoms with van der Waals surface area (Å²) in [5.41, 5.74) is 2.50. The molecule has 0 bridgehead atoms. The van der Waals surface area contributed by atoms with Gasteiger partial charge in [0.2, 0.25) is 0 Å². The molecular formula is C16H21FN4. The molecular weight excluding hydrogens is 267 g/mol. The first kappa shape index (κ1) is 15.4. The normalized spacial score (nSPS) is 10.7. The molecule has 0 aliphatic heterocycles. The fourth-order valence-electron chi connectivity index (χ4n) is 2.24. The van der Waals surface area contributed by atoms with E-state index in [4.69, 9.17) is 0 Å². The molecule has 112 valence electrons. The molecule has 0 radical (unpaired) electrons. The van der Waals surface area contributed by atoms with Crippen molar-refractivity contribution in [2.45, 2.75) is 26.9 Å². The molecule has 2 aromatic heterocycles. The van der Waals surface area contributed by atoms with Crippen molar-refractivity contribution >= 4 is 5.82 Å². The summed E-state index contributed by atoms with van der Waals surface area (Å²) in [5.74, 6) is 0.120. The lowest BCUT2D eigenvalue weighted by molar-refractivity contribution is 0.584. The largest absolute Gasteiger partial charge is 0.349 e. The Hall–Kier alpha value is -2.01. The standard InChI is InChI=1S/C16H21FN4/c1-4-21(11-14-7-5-6-12(2)20-14)16-15(17)13(10-18-3)8-9-19-16/h5-9,18H,4,10-11H2,1-3H3. The molecule has 0 aliphatic carbocycles. The molecule has 0 aromatic carbocycles. The highest BCUT2D eigenvalue weighted by atomic mass is 19.1. The van der Waals surface area contributed by atoms with Gasteiger partial charge in [-0.05, 0) is 39.1 Å². The van der Waals surface area contributed by atoms with Gasteiger partial charge in [-0.3, -0.25) is 4.98 Å². The quantitative estimate of drug-likeness (QED) is 0.887. The zero-order valence-corrected chi connectivity index (χ0v) is 12.7. The molecule has 0 saturated carbocycles. The van der Waals surface area contributed by atoms with Gasteiger partial charge in [-0.15, -0.1) is 0 Å². The summed E-state index contributed by atoms with van der Waals surface area (Å²) in [7, 11) is 1.80. The Bertz CT molecular complexity index is 601. The van der Waals surface area contributed by atoms with Crippen LogP contribution in [0.25, 0.3) is 0 Å². The molecule has 0 spiro atoms. The summed E-state index contributed by atoms with van der Waals surface area (Å²) in [6.07, 6.45) is 1.65. The van der Waals surface area contributed by atoms with Crippen LogP contribution in [-0.4, -0.2) is 23.6 Å². The molecule has 2 heterocycles. The number of nitrogens with zero attached hydrogens (tertiary/aromatic N) is 3. The average Bonchev–Trinajstić information content (AvgIpc) is 2.48. The molecule has 0 amide bonds. The molecule has 0 atom stereocenters. The lowest BCUT2D eigenvalue weighted by Crippen LogP contribution is -2.25. The van der Waals surface area contributed by atoms with Crippen molar-refractivity contribution in [3.63, 3.8) is 0 Å². The molecule has 2 aromatic rings. The number of aromatic nitrogens is 2. The Morgan fingerprint density at radius 3 is 2.76 bits per heavy atom. The second-order valence-electron chi connectivity index (χ2n) is 4.92. The molecule has 0 fully saturated rings. The van der Waals surface area contributed by atoms with Crippen LogP contribution in [0.2, 0.25) is 0 Å². The summed E-state index contributed by atoms with van der Waals surface area (Å²) < 4.78 is 14.5. The summed E-state index contributed by atoms with van der Waals surface area (Å²) in [5, 5.41) is 2.97. The van der Waals surface area contributed by atoms with E-state index < -0.39 is 0 Å². The highest BCUT2D eigenvalue weighted by molar-refractivity contribution is 5.43. The number of nitrogens with one attached hydrogen (secondary N) is 1. The Morgan fingerprint density at radius 1 is 1.29 bits per heavy atom. The Balaban J connectivity index is 2.27. The van der Waals surface area contributed by atoms with Gasteiger partial charge in [0.15, 0.2) is 11.6 Å². The zero-order chi connectivity index (χ0) is 15.2. The summed E-state index contributed by atoms with van der Waals surface area (Å²) >= 11 is 0. The number of anilines is 1.